The van der Waals surface area contributed by atoms with Crippen LogP contribution < -0.4 is 0 Å². The summed E-state index contributed by atoms with van der Waals surface area (Å²) in [7, 11) is -3.73. The van der Waals surface area contributed by atoms with Crippen molar-refractivity contribution >= 4 is 49.1 Å². The second-order valence-electron chi connectivity index (χ2n) is 7.60. The first-order valence-electron chi connectivity index (χ1n) is 10.3. The molecule has 0 unspecified atom stereocenters. The molecule has 0 spiro atoms. The summed E-state index contributed by atoms with van der Waals surface area (Å²) in [6.07, 6.45) is 3.46. The molecule has 5 rings (SSSR count). The molecular formula is C23H19ClN4O3S2. The fraction of sp³-hybridized carbons (Fsp3) is 0.174. The number of pyridine rings is 1. The van der Waals surface area contributed by atoms with E-state index in [0.29, 0.717) is 29.2 Å². The van der Waals surface area contributed by atoms with Gasteiger partial charge in [-0.05, 0) is 53.6 Å². The Bertz CT molecular complexity index is 1420. The Kier molecular flexibility index (Phi) is 5.88. The lowest BCUT2D eigenvalue weighted by Gasteiger charge is -2.33. The molecule has 1 amide bonds. The number of amides is 1. The number of aromatic nitrogens is 2. The van der Waals surface area contributed by atoms with E-state index in [2.05, 4.69) is 9.97 Å². The highest BCUT2D eigenvalue weighted by Crippen LogP contribution is 2.30. The van der Waals surface area contributed by atoms with Gasteiger partial charge >= 0.3 is 0 Å². The van der Waals surface area contributed by atoms with E-state index in [1.54, 1.807) is 47.6 Å². The van der Waals surface area contributed by atoms with Gasteiger partial charge in [0.05, 0.1) is 10.2 Å². The zero-order chi connectivity index (χ0) is 23.0. The van der Waals surface area contributed by atoms with Crippen molar-refractivity contribution in [3.05, 3.63) is 77.6 Å². The molecule has 0 N–H and O–H groups in total. The van der Waals surface area contributed by atoms with Crippen molar-refractivity contribution in [1.82, 2.24) is 19.2 Å². The Morgan fingerprint density at radius 1 is 0.909 bits per heavy atom. The number of hydrogen-bond donors (Lipinski definition) is 0. The highest BCUT2D eigenvalue weighted by atomic mass is 35.5. The van der Waals surface area contributed by atoms with Crippen LogP contribution in [0.15, 0.2) is 71.3 Å². The van der Waals surface area contributed by atoms with Gasteiger partial charge in [-0.1, -0.05) is 23.7 Å². The van der Waals surface area contributed by atoms with E-state index in [1.165, 1.54) is 4.31 Å². The highest BCUT2D eigenvalue weighted by Gasteiger charge is 2.32. The molecule has 0 radical (unpaired) electrons. The maximum absolute atomic E-state index is 13.1. The van der Waals surface area contributed by atoms with E-state index in [0.717, 1.165) is 27.2 Å². The van der Waals surface area contributed by atoms with E-state index in [4.69, 9.17) is 11.6 Å². The van der Waals surface area contributed by atoms with Crippen LogP contribution in [0.5, 0.6) is 0 Å². The van der Waals surface area contributed by atoms with E-state index >= 15 is 0 Å². The maximum atomic E-state index is 13.1. The topological polar surface area (TPSA) is 83.5 Å². The molecule has 10 heteroatoms. The Morgan fingerprint density at radius 3 is 2.27 bits per heavy atom. The monoisotopic (exact) mass is 498 g/mol. The average molecular weight is 499 g/mol. The predicted octanol–water partition coefficient (Wildman–Crippen LogP) is 4.16. The molecule has 0 saturated carbocycles. The first-order valence-corrected chi connectivity index (χ1v) is 12.9. The van der Waals surface area contributed by atoms with Gasteiger partial charge < -0.3 is 4.90 Å². The number of nitrogens with zero attached hydrogens (tertiary/aromatic N) is 4. The number of carbonyl (C=O) groups excluding carboxylic acids is 1. The normalized spacial score (nSPS) is 15.1. The number of carbonyl (C=O) groups is 1. The van der Waals surface area contributed by atoms with Crippen LogP contribution in [0, 0.1) is 0 Å². The summed E-state index contributed by atoms with van der Waals surface area (Å²) in [5, 5.41) is 0.538. The van der Waals surface area contributed by atoms with Crippen LogP contribution in [-0.2, 0) is 10.0 Å². The smallest absolute Gasteiger partial charge is 0.270 e. The van der Waals surface area contributed by atoms with E-state index in [1.807, 2.05) is 24.3 Å². The summed E-state index contributed by atoms with van der Waals surface area (Å²) in [5.74, 6) is -0.108. The van der Waals surface area contributed by atoms with Crippen molar-refractivity contribution < 1.29 is 13.2 Å². The van der Waals surface area contributed by atoms with Crippen LogP contribution in [-0.4, -0.2) is 59.7 Å². The Labute approximate surface area is 200 Å². The third kappa shape index (κ3) is 4.37. The van der Waals surface area contributed by atoms with Gasteiger partial charge in [-0.15, -0.1) is 11.3 Å². The fourth-order valence-corrected chi connectivity index (χ4v) is 6.82. The molecule has 1 aliphatic heterocycles. The van der Waals surface area contributed by atoms with Crippen LogP contribution in [0.1, 0.15) is 10.4 Å². The number of fused-ring (bicyclic) bond motifs is 1. The zero-order valence-corrected chi connectivity index (χ0v) is 19.8. The summed E-state index contributed by atoms with van der Waals surface area (Å²) in [6, 6.07) is 16.3. The standard InChI is InChI=1S/C23H19ClN4O3S2/c24-19-5-6-20-21(15-19)32-23(26-20)33(30,31)28-13-11-27(12-14-28)22(29)18-3-1-16(2-4-18)17-7-9-25-10-8-17/h1-10,15H,11-14H2. The molecule has 2 aromatic heterocycles. The molecule has 1 aliphatic rings. The van der Waals surface area contributed by atoms with Crippen LogP contribution in [0.2, 0.25) is 5.02 Å². The zero-order valence-electron chi connectivity index (χ0n) is 17.4. The summed E-state index contributed by atoms with van der Waals surface area (Å²) < 4.78 is 28.4. The van der Waals surface area contributed by atoms with Crippen LogP contribution in [0.4, 0.5) is 0 Å². The summed E-state index contributed by atoms with van der Waals surface area (Å²) in [6.45, 7) is 1.08. The summed E-state index contributed by atoms with van der Waals surface area (Å²) in [5.41, 5.74) is 3.21. The minimum absolute atomic E-state index is 0.0474. The van der Waals surface area contributed by atoms with Gasteiger partial charge in [0.2, 0.25) is 4.34 Å². The summed E-state index contributed by atoms with van der Waals surface area (Å²) in [4.78, 5) is 22.9. The largest absolute Gasteiger partial charge is 0.336 e. The van der Waals surface area contributed by atoms with E-state index in [-0.39, 0.29) is 23.3 Å². The van der Waals surface area contributed by atoms with Gasteiger partial charge in [0.15, 0.2) is 0 Å². The third-order valence-corrected chi connectivity index (χ3v) is 9.07. The number of benzene rings is 2. The van der Waals surface area contributed by atoms with Gasteiger partial charge in [-0.3, -0.25) is 9.78 Å². The lowest BCUT2D eigenvalue weighted by molar-refractivity contribution is 0.0698. The minimum Gasteiger partial charge on any atom is -0.336 e. The van der Waals surface area contributed by atoms with Gasteiger partial charge in [0.25, 0.3) is 15.9 Å². The highest BCUT2D eigenvalue weighted by molar-refractivity contribution is 7.91. The van der Waals surface area contributed by atoms with Crippen LogP contribution in [0.3, 0.4) is 0 Å². The molecule has 3 heterocycles. The van der Waals surface area contributed by atoms with Crippen molar-refractivity contribution in [2.45, 2.75) is 4.34 Å². The van der Waals surface area contributed by atoms with E-state index < -0.39 is 10.0 Å². The molecule has 0 bridgehead atoms. The van der Waals surface area contributed by atoms with Gasteiger partial charge in [0.1, 0.15) is 0 Å². The molecular weight excluding hydrogens is 480 g/mol. The van der Waals surface area contributed by atoms with Crippen molar-refractivity contribution in [3.63, 3.8) is 0 Å². The number of sulfonamides is 1. The van der Waals surface area contributed by atoms with Crippen LogP contribution in [0.25, 0.3) is 21.3 Å². The molecule has 4 aromatic rings. The molecule has 1 fully saturated rings. The molecule has 0 atom stereocenters. The third-order valence-electron chi connectivity index (χ3n) is 5.56. The lowest BCUT2D eigenvalue weighted by Crippen LogP contribution is -2.50. The van der Waals surface area contributed by atoms with Crippen molar-refractivity contribution in [1.29, 1.82) is 0 Å². The number of piperazine rings is 1. The van der Waals surface area contributed by atoms with Crippen molar-refractivity contribution in [3.8, 4) is 11.1 Å². The number of thiazole rings is 1. The minimum atomic E-state index is -3.73. The van der Waals surface area contributed by atoms with Crippen molar-refractivity contribution in [2.75, 3.05) is 26.2 Å². The number of halogens is 1. The SMILES string of the molecule is O=C(c1ccc(-c2ccncc2)cc1)N1CCN(S(=O)(=O)c2nc3ccc(Cl)cc3s2)CC1. The molecule has 7 nitrogen and oxygen atoms in total. The van der Waals surface area contributed by atoms with Gasteiger partial charge in [0, 0.05) is 49.2 Å². The Balaban J connectivity index is 1.26. The predicted molar refractivity (Wildman–Crippen MR) is 129 cm³/mol. The van der Waals surface area contributed by atoms with E-state index in [9.17, 15) is 13.2 Å². The molecule has 168 valence electrons. The molecule has 0 aliphatic carbocycles. The molecule has 1 saturated heterocycles. The molecule has 33 heavy (non-hydrogen) atoms. The average Bonchev–Trinajstić information content (AvgIpc) is 3.28. The quantitative estimate of drug-likeness (QED) is 0.422. The molecule has 2 aromatic carbocycles. The Morgan fingerprint density at radius 2 is 1.58 bits per heavy atom. The second-order valence-corrected chi connectivity index (χ2v) is 11.2. The number of hydrogen-bond acceptors (Lipinski definition) is 6. The first-order chi connectivity index (χ1) is 15.9. The lowest BCUT2D eigenvalue weighted by atomic mass is 10.0. The Hall–Kier alpha value is -2.85. The summed E-state index contributed by atoms with van der Waals surface area (Å²) >= 11 is 7.11. The van der Waals surface area contributed by atoms with Gasteiger partial charge in [-0.2, -0.15) is 4.31 Å². The van der Waals surface area contributed by atoms with Crippen molar-refractivity contribution in [2.24, 2.45) is 0 Å². The maximum Gasteiger partial charge on any atom is 0.270 e. The van der Waals surface area contributed by atoms with Gasteiger partial charge in [-0.25, -0.2) is 13.4 Å². The second kappa shape index (κ2) is 8.83. The fourth-order valence-electron chi connectivity index (χ4n) is 3.76. The first kappa shape index (κ1) is 22.0. The van der Waals surface area contributed by atoms with Crippen LogP contribution >= 0.6 is 22.9 Å². The number of rotatable bonds is 4.